The van der Waals surface area contributed by atoms with Gasteiger partial charge in [0, 0.05) is 23.9 Å². The molecule has 0 unspecified atom stereocenters. The number of piperidine rings is 1. The van der Waals surface area contributed by atoms with Crippen LogP contribution in [0.25, 0.3) is 4.96 Å². The van der Waals surface area contributed by atoms with Crippen molar-refractivity contribution in [3.63, 3.8) is 0 Å². The van der Waals surface area contributed by atoms with Gasteiger partial charge in [-0.1, -0.05) is 17.4 Å². The molecule has 3 aromatic rings. The minimum absolute atomic E-state index is 0.236. The quantitative estimate of drug-likeness (QED) is 0.730. The monoisotopic (exact) mass is 347 g/mol. The molecule has 23 heavy (non-hydrogen) atoms. The predicted octanol–water partition coefficient (Wildman–Crippen LogP) is 2.50. The highest BCUT2D eigenvalue weighted by atomic mass is 32.1. The van der Waals surface area contributed by atoms with Gasteiger partial charge in [-0.25, -0.2) is 0 Å². The molecular formula is C15H17N5OS2. The number of carbonyl (C=O) groups is 1. The van der Waals surface area contributed by atoms with Gasteiger partial charge in [0.05, 0.1) is 6.42 Å². The lowest BCUT2D eigenvalue weighted by atomic mass is 9.97. The molecule has 120 valence electrons. The SMILES string of the molecule is Cc1nnc2sc(C3CCN(C(=O)Cc4cccs4)CC3)nn12. The maximum atomic E-state index is 12.4. The molecule has 1 amide bonds. The molecule has 0 saturated carbocycles. The van der Waals surface area contributed by atoms with Crippen LogP contribution < -0.4 is 0 Å². The number of hydrogen-bond donors (Lipinski definition) is 0. The van der Waals surface area contributed by atoms with Crippen LogP contribution >= 0.6 is 22.7 Å². The maximum absolute atomic E-state index is 12.4. The third-order valence-electron chi connectivity index (χ3n) is 4.26. The summed E-state index contributed by atoms with van der Waals surface area (Å²) in [5.74, 6) is 1.48. The molecule has 4 heterocycles. The van der Waals surface area contributed by atoms with Crippen LogP contribution in [0.3, 0.4) is 0 Å². The molecule has 0 spiro atoms. The van der Waals surface area contributed by atoms with Crippen molar-refractivity contribution in [1.29, 1.82) is 0 Å². The Hall–Kier alpha value is -1.80. The molecule has 3 aromatic heterocycles. The number of thiophene rings is 1. The highest BCUT2D eigenvalue weighted by Crippen LogP contribution is 2.31. The molecule has 1 aliphatic rings. The molecule has 0 aromatic carbocycles. The minimum Gasteiger partial charge on any atom is -0.342 e. The Balaban J connectivity index is 1.39. The molecule has 0 bridgehead atoms. The number of rotatable bonds is 3. The Bertz CT molecular complexity index is 814. The van der Waals surface area contributed by atoms with E-state index in [2.05, 4.69) is 15.3 Å². The van der Waals surface area contributed by atoms with Crippen LogP contribution in [0.4, 0.5) is 0 Å². The summed E-state index contributed by atoms with van der Waals surface area (Å²) < 4.78 is 1.81. The fraction of sp³-hybridized carbons (Fsp3) is 0.467. The lowest BCUT2D eigenvalue weighted by Crippen LogP contribution is -2.38. The zero-order valence-corrected chi connectivity index (χ0v) is 14.4. The molecule has 1 saturated heterocycles. The van der Waals surface area contributed by atoms with Crippen LogP contribution in [0.1, 0.15) is 34.5 Å². The second-order valence-electron chi connectivity index (χ2n) is 5.79. The van der Waals surface area contributed by atoms with Gasteiger partial charge in [-0.3, -0.25) is 4.79 Å². The van der Waals surface area contributed by atoms with E-state index in [4.69, 9.17) is 0 Å². The van der Waals surface area contributed by atoms with Crippen LogP contribution in [0.5, 0.6) is 0 Å². The third kappa shape index (κ3) is 2.88. The van der Waals surface area contributed by atoms with Crippen molar-refractivity contribution in [3.8, 4) is 0 Å². The van der Waals surface area contributed by atoms with Gasteiger partial charge in [-0.15, -0.1) is 21.5 Å². The number of aromatic nitrogens is 4. The normalized spacial score (nSPS) is 16.3. The summed E-state index contributed by atoms with van der Waals surface area (Å²) in [7, 11) is 0. The number of amides is 1. The summed E-state index contributed by atoms with van der Waals surface area (Å²) in [4.78, 5) is 16.3. The first-order valence-corrected chi connectivity index (χ1v) is 9.39. The smallest absolute Gasteiger partial charge is 0.234 e. The van der Waals surface area contributed by atoms with E-state index >= 15 is 0 Å². The van der Waals surface area contributed by atoms with Gasteiger partial charge < -0.3 is 4.90 Å². The van der Waals surface area contributed by atoms with Gasteiger partial charge in [0.2, 0.25) is 10.9 Å². The molecule has 0 N–H and O–H groups in total. The highest BCUT2D eigenvalue weighted by Gasteiger charge is 2.26. The molecule has 1 aliphatic heterocycles. The van der Waals surface area contributed by atoms with Crippen LogP contribution in [0.15, 0.2) is 17.5 Å². The Morgan fingerprint density at radius 3 is 2.87 bits per heavy atom. The first kappa shape index (κ1) is 14.8. The minimum atomic E-state index is 0.236. The van der Waals surface area contributed by atoms with E-state index in [1.54, 1.807) is 22.7 Å². The summed E-state index contributed by atoms with van der Waals surface area (Å²) in [6.07, 6.45) is 2.47. The molecule has 1 fully saturated rings. The summed E-state index contributed by atoms with van der Waals surface area (Å²) >= 11 is 3.26. The van der Waals surface area contributed by atoms with E-state index in [1.165, 1.54) is 0 Å². The van der Waals surface area contributed by atoms with Crippen molar-refractivity contribution in [2.45, 2.75) is 32.1 Å². The van der Waals surface area contributed by atoms with E-state index in [9.17, 15) is 4.79 Å². The Morgan fingerprint density at radius 2 is 2.17 bits per heavy atom. The number of aryl methyl sites for hydroxylation is 1. The van der Waals surface area contributed by atoms with Gasteiger partial charge in [0.15, 0.2) is 5.82 Å². The molecule has 8 heteroatoms. The third-order valence-corrected chi connectivity index (χ3v) is 6.20. The first-order valence-electron chi connectivity index (χ1n) is 7.69. The summed E-state index contributed by atoms with van der Waals surface area (Å²) in [6.45, 7) is 3.54. The van der Waals surface area contributed by atoms with Crippen molar-refractivity contribution in [3.05, 3.63) is 33.2 Å². The average Bonchev–Trinajstić information content (AvgIpc) is 3.27. The van der Waals surface area contributed by atoms with Crippen LogP contribution in [-0.4, -0.2) is 43.7 Å². The molecule has 0 radical (unpaired) electrons. The average molecular weight is 347 g/mol. The van der Waals surface area contributed by atoms with Gasteiger partial charge in [-0.05, 0) is 31.2 Å². The highest BCUT2D eigenvalue weighted by molar-refractivity contribution is 7.16. The molecular weight excluding hydrogens is 330 g/mol. The van der Waals surface area contributed by atoms with E-state index < -0.39 is 0 Å². The largest absolute Gasteiger partial charge is 0.342 e. The van der Waals surface area contributed by atoms with Gasteiger partial charge in [0.25, 0.3) is 0 Å². The topological polar surface area (TPSA) is 63.4 Å². The van der Waals surface area contributed by atoms with E-state index in [0.29, 0.717) is 12.3 Å². The molecule has 0 aliphatic carbocycles. The number of nitrogens with zero attached hydrogens (tertiary/aromatic N) is 5. The fourth-order valence-electron chi connectivity index (χ4n) is 2.94. The summed E-state index contributed by atoms with van der Waals surface area (Å²) in [6, 6.07) is 4.02. The Morgan fingerprint density at radius 1 is 1.35 bits per heavy atom. The number of fused-ring (bicyclic) bond motifs is 1. The zero-order chi connectivity index (χ0) is 15.8. The van der Waals surface area contributed by atoms with Gasteiger partial charge >= 0.3 is 0 Å². The van der Waals surface area contributed by atoms with Crippen molar-refractivity contribution in [2.75, 3.05) is 13.1 Å². The van der Waals surface area contributed by atoms with E-state index in [0.717, 1.165) is 46.6 Å². The van der Waals surface area contributed by atoms with Gasteiger partial charge in [-0.2, -0.15) is 9.61 Å². The van der Waals surface area contributed by atoms with Crippen LogP contribution in [0.2, 0.25) is 0 Å². The van der Waals surface area contributed by atoms with Crippen molar-refractivity contribution in [1.82, 2.24) is 24.7 Å². The summed E-state index contributed by atoms with van der Waals surface area (Å²) in [5.41, 5.74) is 0. The predicted molar refractivity (Wildman–Crippen MR) is 90.0 cm³/mol. The molecule has 4 rings (SSSR count). The number of likely N-dealkylation sites (tertiary alicyclic amines) is 1. The summed E-state index contributed by atoms with van der Waals surface area (Å²) in [5, 5.41) is 15.9. The van der Waals surface area contributed by atoms with Crippen LogP contribution in [-0.2, 0) is 11.2 Å². The van der Waals surface area contributed by atoms with Gasteiger partial charge in [0.1, 0.15) is 5.01 Å². The second-order valence-corrected chi connectivity index (χ2v) is 7.81. The lowest BCUT2D eigenvalue weighted by molar-refractivity contribution is -0.131. The Labute approximate surface area is 141 Å². The maximum Gasteiger partial charge on any atom is 0.234 e. The van der Waals surface area contributed by atoms with E-state index in [1.807, 2.05) is 33.9 Å². The van der Waals surface area contributed by atoms with Crippen molar-refractivity contribution < 1.29 is 4.79 Å². The fourth-order valence-corrected chi connectivity index (χ4v) is 4.69. The zero-order valence-electron chi connectivity index (χ0n) is 12.8. The standard InChI is InChI=1S/C15H17N5OS2/c1-10-16-17-15-20(10)18-14(23-15)11-4-6-19(7-5-11)13(21)9-12-3-2-8-22-12/h2-3,8,11H,4-7,9H2,1H3. The first-order chi connectivity index (χ1) is 11.2. The van der Waals surface area contributed by atoms with Crippen molar-refractivity contribution >= 4 is 33.5 Å². The molecule has 0 atom stereocenters. The number of hydrogen-bond acceptors (Lipinski definition) is 6. The number of carbonyl (C=O) groups excluding carboxylic acids is 1. The molecule has 6 nitrogen and oxygen atoms in total. The van der Waals surface area contributed by atoms with E-state index in [-0.39, 0.29) is 5.91 Å². The van der Waals surface area contributed by atoms with Crippen LogP contribution in [0, 0.1) is 6.92 Å². The van der Waals surface area contributed by atoms with Crippen molar-refractivity contribution in [2.24, 2.45) is 0 Å². The second kappa shape index (κ2) is 6.01. The lowest BCUT2D eigenvalue weighted by Gasteiger charge is -2.31. The Kier molecular flexibility index (Phi) is 3.86.